The van der Waals surface area contributed by atoms with Gasteiger partial charge in [0, 0.05) is 11.6 Å². The zero-order chi connectivity index (χ0) is 15.1. The minimum atomic E-state index is -0.425. The number of non-ortho nitro benzene ring substituents is 1. The number of nitrogens with two attached hydrogens (primary N) is 1. The summed E-state index contributed by atoms with van der Waals surface area (Å²) in [5, 5.41) is 11.6. The highest BCUT2D eigenvalue weighted by atomic mass is 16.6. The Morgan fingerprint density at radius 2 is 2.00 bits per heavy atom. The van der Waals surface area contributed by atoms with Gasteiger partial charge in [-0.05, 0) is 17.5 Å². The van der Waals surface area contributed by atoms with E-state index < -0.39 is 4.92 Å². The average molecular weight is 275 g/mol. The van der Waals surface area contributed by atoms with E-state index in [0.717, 1.165) is 5.56 Å². The van der Waals surface area contributed by atoms with E-state index in [1.165, 1.54) is 19.2 Å². The van der Waals surface area contributed by atoms with E-state index in [9.17, 15) is 10.1 Å². The van der Waals surface area contributed by atoms with Gasteiger partial charge in [-0.3, -0.25) is 10.1 Å². The number of hydrogen-bond acceptors (Lipinski definition) is 5. The number of methoxy groups -OCH3 is 1. The van der Waals surface area contributed by atoms with Crippen molar-refractivity contribution in [2.75, 3.05) is 12.8 Å². The quantitative estimate of drug-likeness (QED) is 0.671. The smallest absolute Gasteiger partial charge is 0.279 e. The first-order valence-electron chi connectivity index (χ1n) is 6.18. The second-order valence-corrected chi connectivity index (χ2v) is 5.61. The number of nitro benzene ring substituents is 1. The molecule has 20 heavy (non-hydrogen) atoms. The fourth-order valence-electron chi connectivity index (χ4n) is 2.16. The number of nitrogens with zero attached hydrogens (tertiary/aromatic N) is 2. The highest BCUT2D eigenvalue weighted by molar-refractivity contribution is 5.94. The lowest BCUT2D eigenvalue weighted by molar-refractivity contribution is -0.383. The third kappa shape index (κ3) is 2.24. The molecule has 2 N–H and O–H groups in total. The van der Waals surface area contributed by atoms with Crippen molar-refractivity contribution in [3.63, 3.8) is 0 Å². The molecular weight excluding hydrogens is 258 g/mol. The van der Waals surface area contributed by atoms with Crippen LogP contribution in [0.25, 0.3) is 10.9 Å². The molecule has 0 atom stereocenters. The number of aromatic nitrogens is 1. The molecule has 0 bridgehead atoms. The first-order chi connectivity index (χ1) is 9.25. The van der Waals surface area contributed by atoms with E-state index in [1.54, 1.807) is 6.07 Å². The number of nitrogen functional groups attached to an aromatic ring is 1. The van der Waals surface area contributed by atoms with Crippen LogP contribution in [0.15, 0.2) is 18.2 Å². The van der Waals surface area contributed by atoms with Crippen molar-refractivity contribution in [1.29, 1.82) is 0 Å². The van der Waals surface area contributed by atoms with Crippen LogP contribution in [0.4, 0.5) is 11.5 Å². The summed E-state index contributed by atoms with van der Waals surface area (Å²) in [7, 11) is 1.50. The van der Waals surface area contributed by atoms with E-state index in [4.69, 9.17) is 10.5 Å². The first kappa shape index (κ1) is 14.0. The topological polar surface area (TPSA) is 91.3 Å². The van der Waals surface area contributed by atoms with Crippen LogP contribution in [-0.2, 0) is 5.41 Å². The lowest BCUT2D eigenvalue weighted by atomic mass is 9.86. The van der Waals surface area contributed by atoms with Crippen molar-refractivity contribution in [2.24, 2.45) is 0 Å². The van der Waals surface area contributed by atoms with Crippen molar-refractivity contribution in [3.05, 3.63) is 33.9 Å². The zero-order valence-corrected chi connectivity index (χ0v) is 11.9. The van der Waals surface area contributed by atoms with E-state index in [2.05, 4.69) is 4.98 Å². The van der Waals surface area contributed by atoms with Crippen molar-refractivity contribution in [2.45, 2.75) is 26.2 Å². The fraction of sp³-hybridized carbons (Fsp3) is 0.357. The largest absolute Gasteiger partial charge is 0.494 e. The molecule has 0 radical (unpaired) electrons. The van der Waals surface area contributed by atoms with Crippen LogP contribution >= 0.6 is 0 Å². The van der Waals surface area contributed by atoms with Crippen LogP contribution in [0, 0.1) is 10.1 Å². The molecule has 2 rings (SSSR count). The van der Waals surface area contributed by atoms with E-state index in [0.29, 0.717) is 22.5 Å². The van der Waals surface area contributed by atoms with Crippen LogP contribution in [0.3, 0.4) is 0 Å². The highest BCUT2D eigenvalue weighted by Crippen LogP contribution is 2.36. The number of benzene rings is 1. The molecule has 106 valence electrons. The molecule has 0 aliphatic rings. The van der Waals surface area contributed by atoms with E-state index in [-0.39, 0.29) is 11.1 Å². The Bertz CT molecular complexity index is 690. The maximum atomic E-state index is 11.2. The van der Waals surface area contributed by atoms with Gasteiger partial charge < -0.3 is 10.5 Å². The number of anilines is 1. The van der Waals surface area contributed by atoms with E-state index >= 15 is 0 Å². The van der Waals surface area contributed by atoms with Crippen LogP contribution in [-0.4, -0.2) is 17.0 Å². The molecule has 0 amide bonds. The minimum absolute atomic E-state index is 0.00111. The molecule has 0 saturated carbocycles. The SMILES string of the molecule is COc1ccc([N+](=O)[O-])c2cc(C(C)(C)C)c(N)nc12. The van der Waals surface area contributed by atoms with Gasteiger partial charge in [0.2, 0.25) is 0 Å². The van der Waals surface area contributed by atoms with Crippen LogP contribution in [0.5, 0.6) is 5.75 Å². The third-order valence-electron chi connectivity index (χ3n) is 3.18. The number of rotatable bonds is 2. The van der Waals surface area contributed by atoms with Gasteiger partial charge in [-0.1, -0.05) is 20.8 Å². The number of fused-ring (bicyclic) bond motifs is 1. The molecule has 0 aliphatic carbocycles. The van der Waals surface area contributed by atoms with Crippen molar-refractivity contribution < 1.29 is 9.66 Å². The second-order valence-electron chi connectivity index (χ2n) is 5.61. The standard InChI is InChI=1S/C14H17N3O3/c1-14(2,3)9-7-8-10(17(18)19)5-6-11(20-4)12(8)16-13(9)15/h5-7H,1-4H3,(H2,15,16). The predicted molar refractivity (Wildman–Crippen MR) is 78.1 cm³/mol. The summed E-state index contributed by atoms with van der Waals surface area (Å²) in [5.41, 5.74) is 6.93. The first-order valence-corrected chi connectivity index (χ1v) is 6.18. The monoisotopic (exact) mass is 275 g/mol. The molecule has 2 aromatic rings. The molecule has 0 fully saturated rings. The number of hydrogen-bond donors (Lipinski definition) is 1. The molecule has 0 aliphatic heterocycles. The number of nitro groups is 1. The summed E-state index contributed by atoms with van der Waals surface area (Å²) >= 11 is 0. The second kappa shape index (κ2) is 4.63. The van der Waals surface area contributed by atoms with Crippen molar-refractivity contribution >= 4 is 22.4 Å². The van der Waals surface area contributed by atoms with Crippen LogP contribution < -0.4 is 10.5 Å². The number of pyridine rings is 1. The molecule has 1 aromatic heterocycles. The van der Waals surface area contributed by atoms with E-state index in [1.807, 2.05) is 20.8 Å². The summed E-state index contributed by atoms with van der Waals surface area (Å²) < 4.78 is 5.20. The Hall–Kier alpha value is -2.37. The number of ether oxygens (including phenoxy) is 1. The zero-order valence-electron chi connectivity index (χ0n) is 11.9. The van der Waals surface area contributed by atoms with Gasteiger partial charge in [0.05, 0.1) is 17.4 Å². The Labute approximate surface area is 116 Å². The van der Waals surface area contributed by atoms with Gasteiger partial charge >= 0.3 is 0 Å². The van der Waals surface area contributed by atoms with Gasteiger partial charge in [-0.25, -0.2) is 4.98 Å². The molecule has 6 nitrogen and oxygen atoms in total. The lowest BCUT2D eigenvalue weighted by Gasteiger charge is -2.21. The maximum Gasteiger partial charge on any atom is 0.279 e. The summed E-state index contributed by atoms with van der Waals surface area (Å²) in [6, 6.07) is 4.69. The Kier molecular flexibility index (Phi) is 3.25. The van der Waals surface area contributed by atoms with Crippen molar-refractivity contribution in [3.8, 4) is 5.75 Å². The Balaban J connectivity index is 2.90. The van der Waals surface area contributed by atoms with Crippen molar-refractivity contribution in [1.82, 2.24) is 4.98 Å². The van der Waals surface area contributed by atoms with Gasteiger partial charge in [-0.15, -0.1) is 0 Å². The van der Waals surface area contributed by atoms with Crippen LogP contribution in [0.1, 0.15) is 26.3 Å². The average Bonchev–Trinajstić information content (AvgIpc) is 2.35. The molecule has 1 heterocycles. The van der Waals surface area contributed by atoms with Gasteiger partial charge in [0.15, 0.2) is 0 Å². The summed E-state index contributed by atoms with van der Waals surface area (Å²) in [4.78, 5) is 15.0. The Morgan fingerprint density at radius 3 is 2.50 bits per heavy atom. The fourth-order valence-corrected chi connectivity index (χ4v) is 2.16. The molecule has 6 heteroatoms. The minimum Gasteiger partial charge on any atom is -0.494 e. The third-order valence-corrected chi connectivity index (χ3v) is 3.18. The predicted octanol–water partition coefficient (Wildman–Crippen LogP) is 3.03. The molecule has 0 unspecified atom stereocenters. The summed E-state index contributed by atoms with van der Waals surface area (Å²) in [6.45, 7) is 5.95. The normalized spacial score (nSPS) is 11.6. The molecule has 0 saturated heterocycles. The molecule has 0 spiro atoms. The lowest BCUT2D eigenvalue weighted by Crippen LogP contribution is -2.15. The van der Waals surface area contributed by atoms with Gasteiger partial charge in [-0.2, -0.15) is 0 Å². The summed E-state index contributed by atoms with van der Waals surface area (Å²) in [6.07, 6.45) is 0. The molecule has 1 aromatic carbocycles. The van der Waals surface area contributed by atoms with Gasteiger partial charge in [0.1, 0.15) is 17.1 Å². The molecular formula is C14H17N3O3. The Morgan fingerprint density at radius 1 is 1.35 bits per heavy atom. The van der Waals surface area contributed by atoms with Crippen LogP contribution in [0.2, 0.25) is 0 Å². The van der Waals surface area contributed by atoms with Gasteiger partial charge in [0.25, 0.3) is 5.69 Å². The summed E-state index contributed by atoms with van der Waals surface area (Å²) in [5.74, 6) is 0.835. The maximum absolute atomic E-state index is 11.2. The highest BCUT2D eigenvalue weighted by Gasteiger charge is 2.23.